The zero-order valence-electron chi connectivity index (χ0n) is 11.6. The number of piperazine rings is 1. The molecule has 5 nitrogen and oxygen atoms in total. The van der Waals surface area contributed by atoms with Crippen LogP contribution >= 0.6 is 0 Å². The molecule has 1 atom stereocenters. The molecule has 1 amide bonds. The molecular formula is C13H24N2O3. The van der Waals surface area contributed by atoms with E-state index in [2.05, 4.69) is 4.90 Å². The Hall–Kier alpha value is -1.10. The predicted octanol–water partition coefficient (Wildman–Crippen LogP) is 0.897. The van der Waals surface area contributed by atoms with Crippen molar-refractivity contribution >= 4 is 11.9 Å². The summed E-state index contributed by atoms with van der Waals surface area (Å²) in [6, 6.07) is 0. The second kappa shape index (κ2) is 6.73. The fourth-order valence-corrected chi connectivity index (χ4v) is 2.12. The Bertz CT molecular complexity index is 297. The zero-order valence-corrected chi connectivity index (χ0v) is 11.6. The maximum absolute atomic E-state index is 11.9. The molecule has 1 N–H and O–H groups in total. The lowest BCUT2D eigenvalue weighted by Gasteiger charge is -2.35. The van der Waals surface area contributed by atoms with Crippen molar-refractivity contribution in [2.24, 2.45) is 11.8 Å². The minimum atomic E-state index is -0.756. The quantitative estimate of drug-likeness (QED) is 0.794. The van der Waals surface area contributed by atoms with Crippen LogP contribution < -0.4 is 0 Å². The van der Waals surface area contributed by atoms with Gasteiger partial charge in [-0.2, -0.15) is 0 Å². The maximum Gasteiger partial charge on any atom is 0.307 e. The van der Waals surface area contributed by atoms with Crippen LogP contribution in [0.4, 0.5) is 0 Å². The second-order valence-electron chi connectivity index (χ2n) is 5.52. The lowest BCUT2D eigenvalue weighted by Crippen LogP contribution is -2.50. The van der Waals surface area contributed by atoms with E-state index < -0.39 is 5.97 Å². The Morgan fingerprint density at radius 3 is 2.11 bits per heavy atom. The predicted molar refractivity (Wildman–Crippen MR) is 69.3 cm³/mol. The van der Waals surface area contributed by atoms with E-state index in [-0.39, 0.29) is 11.8 Å². The van der Waals surface area contributed by atoms with E-state index in [1.807, 2.05) is 18.7 Å². The second-order valence-corrected chi connectivity index (χ2v) is 5.52. The van der Waals surface area contributed by atoms with E-state index in [0.29, 0.717) is 18.9 Å². The SMILES string of the molecule is CC(C)CC(=O)N1CCN(CC(C)C(=O)O)CC1. The molecule has 18 heavy (non-hydrogen) atoms. The summed E-state index contributed by atoms with van der Waals surface area (Å²) in [5, 5.41) is 8.86. The van der Waals surface area contributed by atoms with Gasteiger partial charge in [-0.15, -0.1) is 0 Å². The molecule has 1 unspecified atom stereocenters. The Morgan fingerprint density at radius 2 is 1.67 bits per heavy atom. The average Bonchev–Trinajstić information content (AvgIpc) is 2.28. The van der Waals surface area contributed by atoms with Crippen molar-refractivity contribution in [3.63, 3.8) is 0 Å². The van der Waals surface area contributed by atoms with Crippen LogP contribution in [-0.2, 0) is 9.59 Å². The van der Waals surface area contributed by atoms with Gasteiger partial charge in [0.1, 0.15) is 0 Å². The number of carbonyl (C=O) groups is 2. The minimum absolute atomic E-state index is 0.218. The van der Waals surface area contributed by atoms with Crippen molar-refractivity contribution in [2.45, 2.75) is 27.2 Å². The van der Waals surface area contributed by atoms with Crippen LogP contribution in [-0.4, -0.2) is 59.5 Å². The molecular weight excluding hydrogens is 232 g/mol. The smallest absolute Gasteiger partial charge is 0.307 e. The Morgan fingerprint density at radius 1 is 1.11 bits per heavy atom. The van der Waals surface area contributed by atoms with E-state index in [4.69, 9.17) is 5.11 Å². The third kappa shape index (κ3) is 4.64. The summed E-state index contributed by atoms with van der Waals surface area (Å²) in [5.41, 5.74) is 0. The molecule has 0 radical (unpaired) electrons. The Balaban J connectivity index is 2.32. The number of nitrogens with zero attached hydrogens (tertiary/aromatic N) is 2. The molecule has 0 spiro atoms. The molecule has 1 saturated heterocycles. The summed E-state index contributed by atoms with van der Waals surface area (Å²) in [5.74, 6) is -0.491. The van der Waals surface area contributed by atoms with E-state index in [1.165, 1.54) is 0 Å². The summed E-state index contributed by atoms with van der Waals surface area (Å²) < 4.78 is 0. The van der Waals surface area contributed by atoms with Gasteiger partial charge in [0.25, 0.3) is 0 Å². The van der Waals surface area contributed by atoms with Gasteiger partial charge in [0.15, 0.2) is 0 Å². The van der Waals surface area contributed by atoms with Gasteiger partial charge in [0.2, 0.25) is 5.91 Å². The van der Waals surface area contributed by atoms with E-state index in [9.17, 15) is 9.59 Å². The lowest BCUT2D eigenvalue weighted by molar-refractivity contribution is -0.142. The van der Waals surface area contributed by atoms with E-state index in [1.54, 1.807) is 6.92 Å². The van der Waals surface area contributed by atoms with Crippen LogP contribution in [0.2, 0.25) is 0 Å². The fourth-order valence-electron chi connectivity index (χ4n) is 2.12. The van der Waals surface area contributed by atoms with Crippen LogP contribution in [0.15, 0.2) is 0 Å². The molecule has 0 saturated carbocycles. The van der Waals surface area contributed by atoms with Crippen molar-refractivity contribution in [1.82, 2.24) is 9.80 Å². The highest BCUT2D eigenvalue weighted by molar-refractivity contribution is 5.76. The number of carbonyl (C=O) groups excluding carboxylic acids is 1. The summed E-state index contributed by atoms with van der Waals surface area (Å²) >= 11 is 0. The third-order valence-corrected chi connectivity index (χ3v) is 3.26. The number of aliphatic carboxylic acids is 1. The lowest BCUT2D eigenvalue weighted by atomic mass is 10.1. The summed E-state index contributed by atoms with van der Waals surface area (Å²) in [6.07, 6.45) is 0.603. The van der Waals surface area contributed by atoms with Gasteiger partial charge >= 0.3 is 5.97 Å². The summed E-state index contributed by atoms with van der Waals surface area (Å²) in [7, 11) is 0. The van der Waals surface area contributed by atoms with Crippen molar-refractivity contribution in [1.29, 1.82) is 0 Å². The van der Waals surface area contributed by atoms with Gasteiger partial charge < -0.3 is 10.0 Å². The first-order valence-corrected chi connectivity index (χ1v) is 6.63. The number of carboxylic acid groups (broad SMARTS) is 1. The summed E-state index contributed by atoms with van der Waals surface area (Å²) in [6.45, 7) is 9.38. The first-order chi connectivity index (χ1) is 8.40. The van der Waals surface area contributed by atoms with Gasteiger partial charge in [-0.3, -0.25) is 14.5 Å². The molecule has 0 aromatic rings. The number of hydrogen-bond donors (Lipinski definition) is 1. The summed E-state index contributed by atoms with van der Waals surface area (Å²) in [4.78, 5) is 26.6. The molecule has 1 rings (SSSR count). The normalized spacial score (nSPS) is 19.0. The monoisotopic (exact) mass is 256 g/mol. The highest BCUT2D eigenvalue weighted by Gasteiger charge is 2.23. The van der Waals surface area contributed by atoms with Crippen LogP contribution in [0.3, 0.4) is 0 Å². The highest BCUT2D eigenvalue weighted by Crippen LogP contribution is 2.09. The fraction of sp³-hybridized carbons (Fsp3) is 0.846. The van der Waals surface area contributed by atoms with Crippen LogP contribution in [0.1, 0.15) is 27.2 Å². The molecule has 1 aliphatic heterocycles. The molecule has 104 valence electrons. The largest absolute Gasteiger partial charge is 0.481 e. The number of hydrogen-bond acceptors (Lipinski definition) is 3. The molecule has 5 heteroatoms. The van der Waals surface area contributed by atoms with Crippen LogP contribution in [0, 0.1) is 11.8 Å². The average molecular weight is 256 g/mol. The van der Waals surface area contributed by atoms with Crippen molar-refractivity contribution in [3.05, 3.63) is 0 Å². The highest BCUT2D eigenvalue weighted by atomic mass is 16.4. The first-order valence-electron chi connectivity index (χ1n) is 6.63. The van der Waals surface area contributed by atoms with Gasteiger partial charge in [-0.05, 0) is 5.92 Å². The van der Waals surface area contributed by atoms with Gasteiger partial charge in [0.05, 0.1) is 5.92 Å². The van der Waals surface area contributed by atoms with Crippen LogP contribution in [0.5, 0.6) is 0 Å². The first kappa shape index (κ1) is 15.0. The topological polar surface area (TPSA) is 60.9 Å². The maximum atomic E-state index is 11.9. The number of rotatable bonds is 5. The minimum Gasteiger partial charge on any atom is -0.481 e. The van der Waals surface area contributed by atoms with Gasteiger partial charge in [-0.1, -0.05) is 20.8 Å². The molecule has 1 fully saturated rings. The van der Waals surface area contributed by atoms with Crippen molar-refractivity contribution < 1.29 is 14.7 Å². The molecule has 0 aromatic heterocycles. The van der Waals surface area contributed by atoms with E-state index >= 15 is 0 Å². The molecule has 0 aromatic carbocycles. The number of amides is 1. The molecule has 0 aliphatic carbocycles. The van der Waals surface area contributed by atoms with E-state index in [0.717, 1.165) is 26.2 Å². The van der Waals surface area contributed by atoms with Crippen LogP contribution in [0.25, 0.3) is 0 Å². The molecule has 1 heterocycles. The van der Waals surface area contributed by atoms with Crippen molar-refractivity contribution in [2.75, 3.05) is 32.7 Å². The standard InChI is InChI=1S/C13H24N2O3/c1-10(2)8-12(16)15-6-4-14(5-7-15)9-11(3)13(17)18/h10-11H,4-9H2,1-3H3,(H,17,18). The third-order valence-electron chi connectivity index (χ3n) is 3.26. The molecule has 0 bridgehead atoms. The van der Waals surface area contributed by atoms with Gasteiger partial charge in [0, 0.05) is 39.1 Å². The Kier molecular flexibility index (Phi) is 5.59. The van der Waals surface area contributed by atoms with Gasteiger partial charge in [-0.25, -0.2) is 0 Å². The zero-order chi connectivity index (χ0) is 13.7. The Labute approximate surface area is 109 Å². The van der Waals surface area contributed by atoms with Crippen molar-refractivity contribution in [3.8, 4) is 0 Å². The number of carboxylic acids is 1. The molecule has 1 aliphatic rings.